The van der Waals surface area contributed by atoms with Crippen LogP contribution in [-0.2, 0) is 22.4 Å². The Hall–Kier alpha value is -4.53. The van der Waals surface area contributed by atoms with Crippen LogP contribution in [0.3, 0.4) is 0 Å². The zero-order valence-electron chi connectivity index (χ0n) is 23.6. The van der Waals surface area contributed by atoms with Crippen LogP contribution in [0.1, 0.15) is 29.4 Å². The number of halogens is 5. The van der Waals surface area contributed by atoms with E-state index in [0.29, 0.717) is 50.5 Å². The fourth-order valence-electron chi connectivity index (χ4n) is 4.71. The van der Waals surface area contributed by atoms with Crippen molar-refractivity contribution in [3.63, 3.8) is 0 Å². The summed E-state index contributed by atoms with van der Waals surface area (Å²) in [6.45, 7) is 1.72. The Balaban J connectivity index is 1.50. The molecular formula is C34H26Cl2F3N3O2. The maximum absolute atomic E-state index is 14.1. The number of hydrogen-bond donors (Lipinski definition) is 0. The molecule has 0 unspecified atom stereocenters. The average molecular weight is 637 g/mol. The third-order valence-electron chi connectivity index (χ3n) is 6.79. The van der Waals surface area contributed by atoms with E-state index in [2.05, 4.69) is 0 Å². The van der Waals surface area contributed by atoms with Gasteiger partial charge in [-0.2, -0.15) is 13.2 Å². The van der Waals surface area contributed by atoms with Gasteiger partial charge in [-0.05, 0) is 64.7 Å². The van der Waals surface area contributed by atoms with Crippen LogP contribution in [0.4, 0.5) is 18.9 Å². The van der Waals surface area contributed by atoms with Crippen molar-refractivity contribution in [2.45, 2.75) is 19.6 Å². The van der Waals surface area contributed by atoms with Crippen LogP contribution in [0.15, 0.2) is 97.2 Å². The van der Waals surface area contributed by atoms with Crippen molar-refractivity contribution in [2.24, 2.45) is 0 Å². The topological polar surface area (TPSA) is 47.4 Å². The molecule has 0 aliphatic heterocycles. The van der Waals surface area contributed by atoms with Crippen molar-refractivity contribution in [1.29, 1.82) is 0 Å². The highest BCUT2D eigenvalue weighted by molar-refractivity contribution is 6.36. The van der Waals surface area contributed by atoms with Gasteiger partial charge in [0.15, 0.2) is 0 Å². The Morgan fingerprint density at radius 2 is 1.64 bits per heavy atom. The monoisotopic (exact) mass is 635 g/mol. The summed E-state index contributed by atoms with van der Waals surface area (Å²) in [6.07, 6.45) is 0.566. The quantitative estimate of drug-likeness (QED) is 0.159. The van der Waals surface area contributed by atoms with Crippen molar-refractivity contribution in [2.75, 3.05) is 12.1 Å². The molecule has 224 valence electrons. The second-order valence-corrected chi connectivity index (χ2v) is 10.8. The summed E-state index contributed by atoms with van der Waals surface area (Å²) in [5, 5.41) is 2.27. The molecule has 5 aromatic rings. The van der Waals surface area contributed by atoms with Gasteiger partial charge in [0.2, 0.25) is 0 Å². The van der Waals surface area contributed by atoms with Crippen molar-refractivity contribution in [3.05, 3.63) is 130 Å². The minimum absolute atomic E-state index is 0.110. The van der Waals surface area contributed by atoms with Gasteiger partial charge in [-0.15, -0.1) is 0 Å². The lowest BCUT2D eigenvalue weighted by Gasteiger charge is -2.17. The largest absolute Gasteiger partial charge is 0.417 e. The molecule has 0 atom stereocenters. The Bertz CT molecular complexity index is 1820. The standard InChI is InChI=1S/C34H26Cl2F3N3O2/c1-22(43)44-41(2)27-13-8-24(9-14-27)20-42-21-32(29-16-12-26(35)19-31(29)36)40-33(42)17-11-23-10-15-28(25-6-4-3-5-7-25)30(18-23)34(37,38)39/h3-19,21H,20H2,1-2H3/b17-11+. The Morgan fingerprint density at radius 3 is 2.30 bits per heavy atom. The third kappa shape index (κ3) is 7.33. The number of rotatable bonds is 8. The second-order valence-electron chi connectivity index (χ2n) is 9.99. The van der Waals surface area contributed by atoms with E-state index < -0.39 is 17.7 Å². The lowest BCUT2D eigenvalue weighted by Crippen LogP contribution is -2.20. The fraction of sp³-hybridized carbons (Fsp3) is 0.118. The van der Waals surface area contributed by atoms with E-state index in [1.807, 2.05) is 35.0 Å². The van der Waals surface area contributed by atoms with Gasteiger partial charge in [0.25, 0.3) is 0 Å². The van der Waals surface area contributed by atoms with Gasteiger partial charge in [0.1, 0.15) is 5.82 Å². The van der Waals surface area contributed by atoms with E-state index in [-0.39, 0.29) is 5.56 Å². The predicted octanol–water partition coefficient (Wildman–Crippen LogP) is 9.68. The molecule has 0 saturated carbocycles. The summed E-state index contributed by atoms with van der Waals surface area (Å²) in [4.78, 5) is 21.2. The Morgan fingerprint density at radius 1 is 0.932 bits per heavy atom. The summed E-state index contributed by atoms with van der Waals surface area (Å²) < 4.78 is 44.2. The number of anilines is 1. The molecule has 5 rings (SSSR count). The first kappa shape index (κ1) is 30.9. The summed E-state index contributed by atoms with van der Waals surface area (Å²) >= 11 is 12.6. The van der Waals surface area contributed by atoms with Gasteiger partial charge in [0.05, 0.1) is 22.0 Å². The number of hydrogen-bond acceptors (Lipinski definition) is 4. The van der Waals surface area contributed by atoms with Gasteiger partial charge in [-0.25, -0.2) is 10.0 Å². The Labute approximate surface area is 262 Å². The zero-order chi connectivity index (χ0) is 31.4. The molecule has 0 aliphatic rings. The SMILES string of the molecule is CC(=O)ON(C)c1ccc(Cn2cc(-c3ccc(Cl)cc3Cl)nc2/C=C/c2ccc(-c3ccccc3)c(C(F)(F)F)c2)cc1. The lowest BCUT2D eigenvalue weighted by atomic mass is 9.97. The minimum Gasteiger partial charge on any atom is -0.341 e. The molecule has 1 heterocycles. The first-order chi connectivity index (χ1) is 21.0. The van der Waals surface area contributed by atoms with Crippen molar-refractivity contribution >= 4 is 47.0 Å². The maximum Gasteiger partial charge on any atom is 0.417 e. The van der Waals surface area contributed by atoms with Gasteiger partial charge < -0.3 is 9.40 Å². The van der Waals surface area contributed by atoms with Crippen LogP contribution in [0.5, 0.6) is 0 Å². The minimum atomic E-state index is -4.54. The highest BCUT2D eigenvalue weighted by Gasteiger charge is 2.33. The molecule has 10 heteroatoms. The summed E-state index contributed by atoms with van der Waals surface area (Å²) in [5.41, 5.74) is 3.08. The lowest BCUT2D eigenvalue weighted by molar-refractivity contribution is -0.142. The van der Waals surface area contributed by atoms with Crippen molar-refractivity contribution in [3.8, 4) is 22.4 Å². The summed E-state index contributed by atoms with van der Waals surface area (Å²) in [6, 6.07) is 25.3. The number of hydroxylamine groups is 1. The number of carbonyl (C=O) groups is 1. The van der Waals surface area contributed by atoms with Crippen LogP contribution in [0.2, 0.25) is 10.0 Å². The molecule has 1 aromatic heterocycles. The van der Waals surface area contributed by atoms with Crippen LogP contribution in [0.25, 0.3) is 34.5 Å². The molecule has 4 aromatic carbocycles. The smallest absolute Gasteiger partial charge is 0.341 e. The number of alkyl halides is 3. The molecular weight excluding hydrogens is 610 g/mol. The average Bonchev–Trinajstić information content (AvgIpc) is 3.37. The fourth-order valence-corrected chi connectivity index (χ4v) is 5.22. The van der Waals surface area contributed by atoms with E-state index in [9.17, 15) is 18.0 Å². The van der Waals surface area contributed by atoms with Crippen molar-refractivity contribution in [1.82, 2.24) is 9.55 Å². The highest BCUT2D eigenvalue weighted by Crippen LogP contribution is 2.38. The molecule has 0 fully saturated rings. The second kappa shape index (κ2) is 13.0. The molecule has 0 saturated heterocycles. The van der Waals surface area contributed by atoms with E-state index in [1.54, 1.807) is 73.8 Å². The third-order valence-corrected chi connectivity index (χ3v) is 7.34. The van der Waals surface area contributed by atoms with Gasteiger partial charge in [-0.1, -0.05) is 83.9 Å². The molecule has 0 amide bonds. The molecule has 0 N–H and O–H groups in total. The molecule has 0 aliphatic carbocycles. The van der Waals surface area contributed by atoms with Crippen molar-refractivity contribution < 1.29 is 22.8 Å². The van der Waals surface area contributed by atoms with E-state index in [0.717, 1.165) is 11.6 Å². The van der Waals surface area contributed by atoms with Crippen LogP contribution in [0, 0.1) is 0 Å². The van der Waals surface area contributed by atoms with Crippen LogP contribution < -0.4 is 5.06 Å². The number of carbonyl (C=O) groups excluding carboxylic acids is 1. The number of aromatic nitrogens is 2. The van der Waals surface area contributed by atoms with Crippen LogP contribution in [-0.4, -0.2) is 22.6 Å². The normalized spacial score (nSPS) is 11.6. The summed E-state index contributed by atoms with van der Waals surface area (Å²) in [7, 11) is 1.63. The molecule has 0 radical (unpaired) electrons. The van der Waals surface area contributed by atoms with E-state index >= 15 is 0 Å². The van der Waals surface area contributed by atoms with Gasteiger partial charge in [0, 0.05) is 37.3 Å². The molecule has 0 bridgehead atoms. The molecule has 5 nitrogen and oxygen atoms in total. The van der Waals surface area contributed by atoms with E-state index in [1.165, 1.54) is 18.1 Å². The number of benzene rings is 4. The predicted molar refractivity (Wildman–Crippen MR) is 169 cm³/mol. The molecule has 44 heavy (non-hydrogen) atoms. The number of nitrogens with zero attached hydrogens (tertiary/aromatic N) is 3. The first-order valence-corrected chi connectivity index (χ1v) is 14.2. The van der Waals surface area contributed by atoms with Gasteiger partial charge in [-0.3, -0.25) is 4.79 Å². The first-order valence-electron chi connectivity index (χ1n) is 13.5. The number of imidazole rings is 1. The van der Waals surface area contributed by atoms with Gasteiger partial charge >= 0.3 is 12.1 Å². The highest BCUT2D eigenvalue weighted by atomic mass is 35.5. The molecule has 0 spiro atoms. The maximum atomic E-state index is 14.1. The Kier molecular flexibility index (Phi) is 9.13. The summed E-state index contributed by atoms with van der Waals surface area (Å²) in [5.74, 6) is 0.0738. The van der Waals surface area contributed by atoms with Crippen LogP contribution >= 0.6 is 23.2 Å². The zero-order valence-corrected chi connectivity index (χ0v) is 25.2. The van der Waals surface area contributed by atoms with E-state index in [4.69, 9.17) is 33.0 Å².